The van der Waals surface area contributed by atoms with Crippen LogP contribution in [0, 0.1) is 6.92 Å². The summed E-state index contributed by atoms with van der Waals surface area (Å²) in [6.07, 6.45) is 1.76. The van der Waals surface area contributed by atoms with Crippen molar-refractivity contribution in [2.24, 2.45) is 7.05 Å². The normalized spacial score (nSPS) is 11.8. The van der Waals surface area contributed by atoms with Crippen LogP contribution in [0.2, 0.25) is 0 Å². The van der Waals surface area contributed by atoms with Gasteiger partial charge in [-0.25, -0.2) is 13.1 Å². The number of hydrogen-bond donors (Lipinski definition) is 2. The molecule has 108 valence electrons. The van der Waals surface area contributed by atoms with Gasteiger partial charge in [0.05, 0.1) is 17.1 Å². The number of aryl methyl sites for hydroxylation is 1. The smallest absolute Gasteiger partial charge is 0.241 e. The molecule has 0 amide bonds. The molecule has 0 spiro atoms. The quantitative estimate of drug-likeness (QED) is 0.811. The van der Waals surface area contributed by atoms with E-state index in [-0.39, 0.29) is 11.4 Å². The molecule has 0 saturated carbocycles. The molecule has 6 nitrogen and oxygen atoms in total. The molecule has 0 aliphatic heterocycles. The van der Waals surface area contributed by atoms with Crippen molar-refractivity contribution in [2.45, 2.75) is 18.4 Å². The Labute approximate surface area is 126 Å². The van der Waals surface area contributed by atoms with Gasteiger partial charge >= 0.3 is 0 Å². The molecule has 2 aromatic rings. The molecule has 0 saturated heterocycles. The number of anilines is 1. The van der Waals surface area contributed by atoms with E-state index in [4.69, 9.17) is 5.73 Å². The van der Waals surface area contributed by atoms with Gasteiger partial charge in [0.2, 0.25) is 10.0 Å². The summed E-state index contributed by atoms with van der Waals surface area (Å²) in [6.45, 7) is 1.81. The molecule has 2 rings (SSSR count). The minimum Gasteiger partial charge on any atom is -0.398 e. The largest absolute Gasteiger partial charge is 0.398 e. The zero-order valence-electron chi connectivity index (χ0n) is 11.1. The molecule has 3 N–H and O–H groups in total. The van der Waals surface area contributed by atoms with Gasteiger partial charge in [-0.3, -0.25) is 4.68 Å². The van der Waals surface area contributed by atoms with Crippen molar-refractivity contribution in [3.8, 4) is 0 Å². The lowest BCUT2D eigenvalue weighted by atomic mass is 10.2. The van der Waals surface area contributed by atoms with Crippen LogP contribution in [0.1, 0.15) is 11.3 Å². The molecule has 0 aliphatic rings. The summed E-state index contributed by atoms with van der Waals surface area (Å²) in [5, 5.41) is 4.12. The van der Waals surface area contributed by atoms with Crippen LogP contribution in [0.3, 0.4) is 0 Å². The fourth-order valence-corrected chi connectivity index (χ4v) is 3.68. The summed E-state index contributed by atoms with van der Waals surface area (Å²) in [5.74, 6) is 0. The van der Waals surface area contributed by atoms with Gasteiger partial charge in [0, 0.05) is 23.4 Å². The van der Waals surface area contributed by atoms with Crippen molar-refractivity contribution in [3.63, 3.8) is 0 Å². The molecule has 1 aromatic carbocycles. The number of nitrogen functional groups attached to an aromatic ring is 1. The van der Waals surface area contributed by atoms with Crippen molar-refractivity contribution >= 4 is 31.6 Å². The summed E-state index contributed by atoms with van der Waals surface area (Å²) >= 11 is 3.25. The maximum absolute atomic E-state index is 12.3. The Morgan fingerprint density at radius 1 is 1.45 bits per heavy atom. The Kier molecular flexibility index (Phi) is 4.17. The Balaban J connectivity index is 2.27. The van der Waals surface area contributed by atoms with Crippen LogP contribution < -0.4 is 10.5 Å². The van der Waals surface area contributed by atoms with E-state index in [1.807, 2.05) is 0 Å². The van der Waals surface area contributed by atoms with E-state index in [0.717, 1.165) is 0 Å². The van der Waals surface area contributed by atoms with Crippen molar-refractivity contribution in [2.75, 3.05) is 5.73 Å². The van der Waals surface area contributed by atoms with Crippen LogP contribution in [0.5, 0.6) is 0 Å². The first-order chi connectivity index (χ1) is 9.29. The number of nitrogens with zero attached hydrogens (tertiary/aromatic N) is 2. The number of hydrogen-bond acceptors (Lipinski definition) is 4. The highest BCUT2D eigenvalue weighted by Gasteiger charge is 2.19. The third kappa shape index (κ3) is 3.20. The third-order valence-corrected chi connectivity index (χ3v) is 4.85. The van der Waals surface area contributed by atoms with Crippen LogP contribution in [0.15, 0.2) is 33.8 Å². The van der Waals surface area contributed by atoms with Gasteiger partial charge in [-0.1, -0.05) is 15.9 Å². The summed E-state index contributed by atoms with van der Waals surface area (Å²) in [6, 6.07) is 4.96. The monoisotopic (exact) mass is 358 g/mol. The zero-order chi connectivity index (χ0) is 14.9. The van der Waals surface area contributed by atoms with Crippen LogP contribution in [0.4, 0.5) is 5.69 Å². The average molecular weight is 359 g/mol. The molecule has 1 aromatic heterocycles. The van der Waals surface area contributed by atoms with Gasteiger partial charge in [0.1, 0.15) is 0 Å². The second kappa shape index (κ2) is 5.55. The standard InChI is InChI=1S/C12H15BrN4O2S/c1-8-11(14)5-9(13)6-12(8)20(18,19)15-7-10-3-4-17(2)16-10/h3-6,15H,7,14H2,1-2H3. The van der Waals surface area contributed by atoms with Gasteiger partial charge < -0.3 is 5.73 Å². The van der Waals surface area contributed by atoms with Gasteiger partial charge in [0.25, 0.3) is 0 Å². The summed E-state index contributed by atoms with van der Waals surface area (Å²) < 4.78 is 29.4. The highest BCUT2D eigenvalue weighted by molar-refractivity contribution is 9.10. The van der Waals surface area contributed by atoms with E-state index in [1.54, 1.807) is 37.0 Å². The Hall–Kier alpha value is -1.38. The SMILES string of the molecule is Cc1c(N)cc(Br)cc1S(=O)(=O)NCc1ccn(C)n1. The number of halogens is 1. The summed E-state index contributed by atoms with van der Waals surface area (Å²) in [5.41, 5.74) is 7.40. The van der Waals surface area contributed by atoms with E-state index >= 15 is 0 Å². The number of nitrogens with one attached hydrogen (secondary N) is 1. The van der Waals surface area contributed by atoms with Crippen molar-refractivity contribution in [1.82, 2.24) is 14.5 Å². The molecule has 20 heavy (non-hydrogen) atoms. The predicted octanol–water partition coefficient (Wildman–Crippen LogP) is 1.55. The average Bonchev–Trinajstić information content (AvgIpc) is 2.77. The molecule has 0 unspecified atom stereocenters. The van der Waals surface area contributed by atoms with Gasteiger partial charge in [0.15, 0.2) is 0 Å². The first kappa shape index (κ1) is 15.0. The first-order valence-electron chi connectivity index (χ1n) is 5.83. The van der Waals surface area contributed by atoms with E-state index in [0.29, 0.717) is 21.4 Å². The lowest BCUT2D eigenvalue weighted by molar-refractivity contribution is 0.579. The molecular weight excluding hydrogens is 344 g/mol. The van der Waals surface area contributed by atoms with E-state index in [2.05, 4.69) is 25.8 Å². The van der Waals surface area contributed by atoms with E-state index in [1.165, 1.54) is 6.07 Å². The maximum atomic E-state index is 12.3. The summed E-state index contributed by atoms with van der Waals surface area (Å²) in [7, 11) is -1.86. The zero-order valence-corrected chi connectivity index (χ0v) is 13.5. The highest BCUT2D eigenvalue weighted by Crippen LogP contribution is 2.26. The van der Waals surface area contributed by atoms with Crippen molar-refractivity contribution in [1.29, 1.82) is 0 Å². The van der Waals surface area contributed by atoms with Crippen LogP contribution in [0.25, 0.3) is 0 Å². The number of aromatic nitrogens is 2. The van der Waals surface area contributed by atoms with Gasteiger partial charge in [-0.05, 0) is 30.7 Å². The van der Waals surface area contributed by atoms with E-state index < -0.39 is 10.0 Å². The van der Waals surface area contributed by atoms with Crippen LogP contribution >= 0.6 is 15.9 Å². The minimum absolute atomic E-state index is 0.134. The number of rotatable bonds is 4. The van der Waals surface area contributed by atoms with Crippen LogP contribution in [-0.2, 0) is 23.6 Å². The fraction of sp³-hybridized carbons (Fsp3) is 0.250. The first-order valence-corrected chi connectivity index (χ1v) is 8.11. The molecule has 1 heterocycles. The second-order valence-electron chi connectivity index (χ2n) is 4.42. The molecular formula is C12H15BrN4O2S. The third-order valence-electron chi connectivity index (χ3n) is 2.87. The summed E-state index contributed by atoms with van der Waals surface area (Å²) in [4.78, 5) is 0.167. The van der Waals surface area contributed by atoms with Crippen molar-refractivity contribution in [3.05, 3.63) is 40.1 Å². The lowest BCUT2D eigenvalue weighted by Gasteiger charge is -2.11. The predicted molar refractivity (Wildman–Crippen MR) is 80.5 cm³/mol. The van der Waals surface area contributed by atoms with Gasteiger partial charge in [-0.2, -0.15) is 5.10 Å². The minimum atomic E-state index is -3.63. The maximum Gasteiger partial charge on any atom is 0.241 e. The second-order valence-corrected chi connectivity index (χ2v) is 7.07. The molecule has 8 heteroatoms. The lowest BCUT2D eigenvalue weighted by Crippen LogP contribution is -2.24. The Morgan fingerprint density at radius 2 is 2.15 bits per heavy atom. The number of nitrogens with two attached hydrogens (primary N) is 1. The molecule has 0 aliphatic carbocycles. The van der Waals surface area contributed by atoms with Crippen LogP contribution in [-0.4, -0.2) is 18.2 Å². The topological polar surface area (TPSA) is 90.0 Å². The number of benzene rings is 1. The fourth-order valence-electron chi connectivity index (χ4n) is 1.76. The molecule has 0 radical (unpaired) electrons. The molecule has 0 bridgehead atoms. The highest BCUT2D eigenvalue weighted by atomic mass is 79.9. The molecule has 0 fully saturated rings. The molecule has 0 atom stereocenters. The Bertz CT molecular complexity index is 740. The Morgan fingerprint density at radius 3 is 2.75 bits per heavy atom. The van der Waals surface area contributed by atoms with Gasteiger partial charge in [-0.15, -0.1) is 0 Å². The number of sulfonamides is 1. The van der Waals surface area contributed by atoms with Crippen molar-refractivity contribution < 1.29 is 8.42 Å². The van der Waals surface area contributed by atoms with E-state index in [9.17, 15) is 8.42 Å².